The number of hydrogen-bond acceptors (Lipinski definition) is 2. The lowest BCUT2D eigenvalue weighted by molar-refractivity contribution is 0.133. The van der Waals surface area contributed by atoms with Crippen LogP contribution in [-0.2, 0) is 0 Å². The predicted octanol–water partition coefficient (Wildman–Crippen LogP) is 3.21. The van der Waals surface area contributed by atoms with Crippen LogP contribution in [0.1, 0.15) is 31.4 Å². The molecular weight excluding hydrogens is 251 g/mol. The highest BCUT2D eigenvalue weighted by Crippen LogP contribution is 2.28. The van der Waals surface area contributed by atoms with E-state index in [0.717, 1.165) is 18.7 Å². The van der Waals surface area contributed by atoms with E-state index < -0.39 is 0 Å². The van der Waals surface area contributed by atoms with Crippen molar-refractivity contribution in [3.8, 4) is 0 Å². The predicted molar refractivity (Wildman–Crippen MR) is 73.2 cm³/mol. The number of nitrogens with zero attached hydrogens (tertiary/aromatic N) is 1. The molecule has 18 heavy (non-hydrogen) atoms. The van der Waals surface area contributed by atoms with Gasteiger partial charge < -0.3 is 5.73 Å². The monoisotopic (exact) mass is 270 g/mol. The van der Waals surface area contributed by atoms with Gasteiger partial charge in [-0.05, 0) is 43.0 Å². The summed E-state index contributed by atoms with van der Waals surface area (Å²) < 4.78 is 13.2. The molecule has 0 aromatic heterocycles. The summed E-state index contributed by atoms with van der Waals surface area (Å²) in [7, 11) is 0. The maximum Gasteiger partial charge on any atom is 0.141 e. The molecule has 0 saturated carbocycles. The molecular formula is C14H20ClFN2. The summed E-state index contributed by atoms with van der Waals surface area (Å²) in [5.74, 6) is 0.326. The van der Waals surface area contributed by atoms with E-state index in [-0.39, 0.29) is 16.9 Å². The van der Waals surface area contributed by atoms with Crippen LogP contribution in [0.25, 0.3) is 0 Å². The maximum absolute atomic E-state index is 13.2. The van der Waals surface area contributed by atoms with Gasteiger partial charge in [-0.15, -0.1) is 0 Å². The summed E-state index contributed by atoms with van der Waals surface area (Å²) in [5.41, 5.74) is 6.90. The van der Waals surface area contributed by atoms with Crippen molar-refractivity contribution in [3.05, 3.63) is 34.6 Å². The van der Waals surface area contributed by atoms with Gasteiger partial charge in [0.25, 0.3) is 0 Å². The minimum absolute atomic E-state index is 0.144. The van der Waals surface area contributed by atoms with Crippen LogP contribution in [0.2, 0.25) is 5.02 Å². The van der Waals surface area contributed by atoms with Crippen LogP contribution in [0.15, 0.2) is 18.2 Å². The van der Waals surface area contributed by atoms with Crippen LogP contribution in [0.5, 0.6) is 0 Å². The Morgan fingerprint density at radius 2 is 2.33 bits per heavy atom. The highest BCUT2D eigenvalue weighted by molar-refractivity contribution is 6.30. The van der Waals surface area contributed by atoms with Gasteiger partial charge in [-0.25, -0.2) is 4.39 Å². The van der Waals surface area contributed by atoms with Crippen LogP contribution in [0.4, 0.5) is 4.39 Å². The van der Waals surface area contributed by atoms with Crippen molar-refractivity contribution in [1.82, 2.24) is 4.90 Å². The summed E-state index contributed by atoms with van der Waals surface area (Å²) in [5, 5.41) is 0.177. The van der Waals surface area contributed by atoms with Crippen molar-refractivity contribution < 1.29 is 4.39 Å². The topological polar surface area (TPSA) is 29.3 Å². The van der Waals surface area contributed by atoms with Gasteiger partial charge in [0.2, 0.25) is 0 Å². The van der Waals surface area contributed by atoms with Gasteiger partial charge in [0.1, 0.15) is 5.82 Å². The van der Waals surface area contributed by atoms with Crippen molar-refractivity contribution in [2.75, 3.05) is 19.6 Å². The quantitative estimate of drug-likeness (QED) is 0.914. The second-order valence-electron chi connectivity index (χ2n) is 5.17. The molecule has 2 N–H and O–H groups in total. The zero-order valence-corrected chi connectivity index (χ0v) is 11.5. The molecule has 0 amide bonds. The van der Waals surface area contributed by atoms with Crippen LogP contribution in [0, 0.1) is 11.7 Å². The minimum Gasteiger partial charge on any atom is -0.329 e. The fourth-order valence-corrected chi connectivity index (χ4v) is 2.91. The first-order valence-electron chi connectivity index (χ1n) is 6.51. The molecule has 4 heteroatoms. The van der Waals surface area contributed by atoms with Crippen molar-refractivity contribution >= 4 is 11.6 Å². The Bertz CT molecular complexity index is 411. The van der Waals surface area contributed by atoms with E-state index in [1.807, 2.05) is 0 Å². The number of rotatable bonds is 3. The third-order valence-corrected chi connectivity index (χ3v) is 3.97. The van der Waals surface area contributed by atoms with E-state index >= 15 is 0 Å². The number of likely N-dealkylation sites (tertiary alicyclic amines) is 1. The largest absolute Gasteiger partial charge is 0.329 e. The zero-order valence-electron chi connectivity index (χ0n) is 10.7. The van der Waals surface area contributed by atoms with Crippen molar-refractivity contribution in [3.63, 3.8) is 0 Å². The minimum atomic E-state index is -0.372. The smallest absolute Gasteiger partial charge is 0.141 e. The van der Waals surface area contributed by atoms with E-state index in [4.69, 9.17) is 17.3 Å². The van der Waals surface area contributed by atoms with Gasteiger partial charge in [0, 0.05) is 19.1 Å². The van der Waals surface area contributed by atoms with E-state index in [1.165, 1.54) is 18.9 Å². The molecule has 0 radical (unpaired) electrons. The van der Waals surface area contributed by atoms with Crippen molar-refractivity contribution in [2.24, 2.45) is 11.7 Å². The standard InChI is InChI=1S/C14H20ClFN2/c1-10-3-2-6-18(9-10)14(8-17)11-4-5-13(16)12(15)7-11/h4-5,7,10,14H,2-3,6,8-9,17H2,1H3. The zero-order chi connectivity index (χ0) is 13.1. The van der Waals surface area contributed by atoms with Crippen molar-refractivity contribution in [1.29, 1.82) is 0 Å². The van der Waals surface area contributed by atoms with Gasteiger partial charge >= 0.3 is 0 Å². The average Bonchev–Trinajstić information content (AvgIpc) is 2.35. The molecule has 0 aliphatic carbocycles. The van der Waals surface area contributed by atoms with Crippen LogP contribution in [0.3, 0.4) is 0 Å². The van der Waals surface area contributed by atoms with Gasteiger partial charge in [0.15, 0.2) is 0 Å². The molecule has 2 atom stereocenters. The van der Waals surface area contributed by atoms with Gasteiger partial charge in [-0.1, -0.05) is 24.6 Å². The van der Waals surface area contributed by atoms with E-state index in [2.05, 4.69) is 11.8 Å². The summed E-state index contributed by atoms with van der Waals surface area (Å²) in [6.07, 6.45) is 2.48. The Hall–Kier alpha value is -0.640. The third kappa shape index (κ3) is 3.02. The normalized spacial score (nSPS) is 23.0. The van der Waals surface area contributed by atoms with Crippen LogP contribution >= 0.6 is 11.6 Å². The second kappa shape index (κ2) is 6.00. The first kappa shape index (κ1) is 13.8. The molecule has 1 aromatic carbocycles. The molecule has 0 bridgehead atoms. The van der Waals surface area contributed by atoms with Crippen LogP contribution < -0.4 is 5.73 Å². The SMILES string of the molecule is CC1CCCN(C(CN)c2ccc(F)c(Cl)c2)C1. The summed E-state index contributed by atoms with van der Waals surface area (Å²) in [4.78, 5) is 2.39. The van der Waals surface area contributed by atoms with Gasteiger partial charge in [-0.2, -0.15) is 0 Å². The maximum atomic E-state index is 13.2. The lowest BCUT2D eigenvalue weighted by atomic mass is 9.96. The molecule has 1 aliphatic rings. The molecule has 2 nitrogen and oxygen atoms in total. The first-order valence-corrected chi connectivity index (χ1v) is 6.88. The lowest BCUT2D eigenvalue weighted by Crippen LogP contribution is -2.40. The Kier molecular flexibility index (Phi) is 4.60. The average molecular weight is 271 g/mol. The Morgan fingerprint density at radius 3 is 2.94 bits per heavy atom. The van der Waals surface area contributed by atoms with E-state index in [0.29, 0.717) is 12.5 Å². The molecule has 2 unspecified atom stereocenters. The molecule has 1 aliphatic heterocycles. The van der Waals surface area contributed by atoms with Gasteiger partial charge in [0.05, 0.1) is 5.02 Å². The van der Waals surface area contributed by atoms with E-state index in [9.17, 15) is 4.39 Å². The molecule has 1 heterocycles. The Morgan fingerprint density at radius 1 is 1.56 bits per heavy atom. The lowest BCUT2D eigenvalue weighted by Gasteiger charge is -2.37. The highest BCUT2D eigenvalue weighted by atomic mass is 35.5. The fourth-order valence-electron chi connectivity index (χ4n) is 2.72. The molecule has 1 saturated heterocycles. The molecule has 0 spiro atoms. The number of piperidine rings is 1. The number of hydrogen-bond donors (Lipinski definition) is 1. The highest BCUT2D eigenvalue weighted by Gasteiger charge is 2.24. The number of benzene rings is 1. The summed E-state index contributed by atoms with van der Waals surface area (Å²) in [6, 6.07) is 5.06. The third-order valence-electron chi connectivity index (χ3n) is 3.68. The van der Waals surface area contributed by atoms with Crippen LogP contribution in [-0.4, -0.2) is 24.5 Å². The Balaban J connectivity index is 2.18. The molecule has 1 fully saturated rings. The molecule has 100 valence electrons. The van der Waals surface area contributed by atoms with Gasteiger partial charge in [-0.3, -0.25) is 4.90 Å². The summed E-state index contributed by atoms with van der Waals surface area (Å²) in [6.45, 7) is 4.91. The number of nitrogens with two attached hydrogens (primary N) is 1. The van der Waals surface area contributed by atoms with E-state index in [1.54, 1.807) is 12.1 Å². The Labute approximate surface area is 113 Å². The fraction of sp³-hybridized carbons (Fsp3) is 0.571. The summed E-state index contributed by atoms with van der Waals surface area (Å²) >= 11 is 5.85. The molecule has 1 aromatic rings. The molecule has 2 rings (SSSR count). The first-order chi connectivity index (χ1) is 8.61. The number of halogens is 2. The van der Waals surface area contributed by atoms with Crippen molar-refractivity contribution in [2.45, 2.75) is 25.8 Å². The second-order valence-corrected chi connectivity index (χ2v) is 5.57.